The number of carbonyl (C=O) groups excluding carboxylic acids is 2. The van der Waals surface area contributed by atoms with Crippen LogP contribution in [0.4, 0.5) is 11.4 Å². The van der Waals surface area contributed by atoms with E-state index in [9.17, 15) is 9.59 Å². The quantitative estimate of drug-likeness (QED) is 0.709. The molecule has 0 aromatic heterocycles. The molecule has 130 valence electrons. The molecule has 3 aromatic carbocycles. The van der Waals surface area contributed by atoms with Crippen LogP contribution in [0.1, 0.15) is 22.8 Å². The average molecular weight is 344 g/mol. The Balaban J connectivity index is 1.85. The largest absolute Gasteiger partial charge is 0.326 e. The van der Waals surface area contributed by atoms with Gasteiger partial charge in [0.1, 0.15) is 0 Å². The first-order valence-electron chi connectivity index (χ1n) is 8.38. The second kappa shape index (κ2) is 7.66. The summed E-state index contributed by atoms with van der Waals surface area (Å²) in [5.74, 6) is -0.338. The van der Waals surface area contributed by atoms with E-state index in [-0.39, 0.29) is 11.8 Å². The number of hydrogen-bond donors (Lipinski definition) is 2. The van der Waals surface area contributed by atoms with Crippen LogP contribution in [-0.4, -0.2) is 11.8 Å². The minimum atomic E-state index is -0.194. The summed E-state index contributed by atoms with van der Waals surface area (Å²) in [6.45, 7) is 3.47. The lowest BCUT2D eigenvalue weighted by Crippen LogP contribution is -2.13. The maximum absolute atomic E-state index is 12.6. The van der Waals surface area contributed by atoms with E-state index in [0.717, 1.165) is 22.4 Å². The van der Waals surface area contributed by atoms with Crippen LogP contribution in [0.5, 0.6) is 0 Å². The van der Waals surface area contributed by atoms with Crippen molar-refractivity contribution in [2.45, 2.75) is 13.8 Å². The lowest BCUT2D eigenvalue weighted by atomic mass is 10.0. The van der Waals surface area contributed by atoms with E-state index in [1.807, 2.05) is 49.4 Å². The van der Waals surface area contributed by atoms with Crippen LogP contribution in [0.25, 0.3) is 11.1 Å². The summed E-state index contributed by atoms with van der Waals surface area (Å²) in [7, 11) is 0. The molecule has 3 aromatic rings. The maximum Gasteiger partial charge on any atom is 0.255 e. The van der Waals surface area contributed by atoms with Crippen LogP contribution in [0.15, 0.2) is 72.8 Å². The molecular formula is C22H20N2O2. The van der Waals surface area contributed by atoms with Gasteiger partial charge in [-0.05, 0) is 48.9 Å². The molecule has 0 aliphatic rings. The van der Waals surface area contributed by atoms with Crippen molar-refractivity contribution in [3.05, 3.63) is 83.9 Å². The standard InChI is InChI=1S/C22H20N2O2/c1-15-8-13-21(20(14-15)17-6-4-3-5-7-17)24-22(26)18-9-11-19(12-10-18)23-16(2)25/h3-14H,1-2H3,(H,23,25)(H,24,26). The van der Waals surface area contributed by atoms with E-state index in [2.05, 4.69) is 16.7 Å². The van der Waals surface area contributed by atoms with E-state index in [1.54, 1.807) is 24.3 Å². The normalized spacial score (nSPS) is 10.2. The number of nitrogens with one attached hydrogen (secondary N) is 2. The van der Waals surface area contributed by atoms with E-state index in [0.29, 0.717) is 11.3 Å². The first kappa shape index (κ1) is 17.4. The van der Waals surface area contributed by atoms with Gasteiger partial charge in [0, 0.05) is 29.4 Å². The fourth-order valence-electron chi connectivity index (χ4n) is 2.73. The highest BCUT2D eigenvalue weighted by molar-refractivity contribution is 6.06. The highest BCUT2D eigenvalue weighted by Gasteiger charge is 2.11. The predicted molar refractivity (Wildman–Crippen MR) is 105 cm³/mol. The number of aryl methyl sites for hydroxylation is 1. The second-order valence-corrected chi connectivity index (χ2v) is 6.13. The highest BCUT2D eigenvalue weighted by atomic mass is 16.2. The van der Waals surface area contributed by atoms with Gasteiger partial charge < -0.3 is 10.6 Å². The molecule has 4 heteroatoms. The van der Waals surface area contributed by atoms with Gasteiger partial charge in [-0.1, -0.05) is 42.0 Å². The van der Waals surface area contributed by atoms with Gasteiger partial charge >= 0.3 is 0 Å². The fraction of sp³-hybridized carbons (Fsp3) is 0.0909. The Bertz CT molecular complexity index is 932. The molecule has 0 saturated heterocycles. The zero-order valence-electron chi connectivity index (χ0n) is 14.7. The van der Waals surface area contributed by atoms with Gasteiger partial charge in [0.15, 0.2) is 0 Å². The fourth-order valence-corrected chi connectivity index (χ4v) is 2.73. The monoisotopic (exact) mass is 344 g/mol. The van der Waals surface area contributed by atoms with Gasteiger partial charge in [0.2, 0.25) is 5.91 Å². The van der Waals surface area contributed by atoms with Crippen LogP contribution in [0.3, 0.4) is 0 Å². The van der Waals surface area contributed by atoms with E-state index in [1.165, 1.54) is 6.92 Å². The first-order valence-corrected chi connectivity index (χ1v) is 8.38. The third-order valence-corrected chi connectivity index (χ3v) is 3.98. The third kappa shape index (κ3) is 4.16. The van der Waals surface area contributed by atoms with Gasteiger partial charge in [-0.2, -0.15) is 0 Å². The van der Waals surface area contributed by atoms with Crippen molar-refractivity contribution in [1.29, 1.82) is 0 Å². The molecule has 0 saturated carbocycles. The van der Waals surface area contributed by atoms with Crippen molar-refractivity contribution < 1.29 is 9.59 Å². The minimum Gasteiger partial charge on any atom is -0.326 e. The van der Waals surface area contributed by atoms with E-state index >= 15 is 0 Å². The smallest absolute Gasteiger partial charge is 0.255 e. The number of carbonyl (C=O) groups is 2. The van der Waals surface area contributed by atoms with Crippen LogP contribution in [0.2, 0.25) is 0 Å². The van der Waals surface area contributed by atoms with Crippen LogP contribution in [0, 0.1) is 6.92 Å². The SMILES string of the molecule is CC(=O)Nc1ccc(C(=O)Nc2ccc(C)cc2-c2ccccc2)cc1. The van der Waals surface area contributed by atoms with Crippen molar-refractivity contribution in [2.75, 3.05) is 10.6 Å². The predicted octanol–water partition coefficient (Wildman–Crippen LogP) is 4.87. The molecule has 0 aliphatic carbocycles. The molecule has 4 nitrogen and oxygen atoms in total. The molecule has 0 radical (unpaired) electrons. The molecule has 2 N–H and O–H groups in total. The zero-order chi connectivity index (χ0) is 18.5. The Kier molecular flexibility index (Phi) is 5.13. The average Bonchev–Trinajstić information content (AvgIpc) is 2.64. The summed E-state index contributed by atoms with van der Waals surface area (Å²) < 4.78 is 0. The highest BCUT2D eigenvalue weighted by Crippen LogP contribution is 2.29. The Morgan fingerprint density at radius 3 is 2.15 bits per heavy atom. The summed E-state index contributed by atoms with van der Waals surface area (Å²) in [5.41, 5.74) is 5.11. The minimum absolute atomic E-state index is 0.144. The van der Waals surface area contributed by atoms with E-state index in [4.69, 9.17) is 0 Å². The lowest BCUT2D eigenvalue weighted by molar-refractivity contribution is -0.114. The molecule has 26 heavy (non-hydrogen) atoms. The Morgan fingerprint density at radius 1 is 0.808 bits per heavy atom. The Morgan fingerprint density at radius 2 is 1.50 bits per heavy atom. The van der Waals surface area contributed by atoms with Gasteiger partial charge in [0.25, 0.3) is 5.91 Å². The molecular weight excluding hydrogens is 324 g/mol. The van der Waals surface area contributed by atoms with Gasteiger partial charge in [-0.25, -0.2) is 0 Å². The molecule has 0 unspecified atom stereocenters. The molecule has 0 fully saturated rings. The van der Waals surface area contributed by atoms with Crippen molar-refractivity contribution in [2.24, 2.45) is 0 Å². The lowest BCUT2D eigenvalue weighted by Gasteiger charge is -2.13. The van der Waals surface area contributed by atoms with E-state index < -0.39 is 0 Å². The Labute approximate surface area is 152 Å². The van der Waals surface area contributed by atoms with Crippen LogP contribution < -0.4 is 10.6 Å². The molecule has 0 aliphatic heterocycles. The van der Waals surface area contributed by atoms with Crippen molar-refractivity contribution in [1.82, 2.24) is 0 Å². The number of hydrogen-bond acceptors (Lipinski definition) is 2. The summed E-state index contributed by atoms with van der Waals surface area (Å²) in [6, 6.07) is 22.7. The molecule has 0 atom stereocenters. The molecule has 0 heterocycles. The zero-order valence-corrected chi connectivity index (χ0v) is 14.7. The summed E-state index contributed by atoms with van der Waals surface area (Å²) in [5, 5.41) is 5.67. The molecule has 0 bridgehead atoms. The van der Waals surface area contributed by atoms with Gasteiger partial charge in [0.05, 0.1) is 0 Å². The van der Waals surface area contributed by atoms with Crippen LogP contribution in [-0.2, 0) is 4.79 Å². The third-order valence-electron chi connectivity index (χ3n) is 3.98. The van der Waals surface area contributed by atoms with Gasteiger partial charge in [-0.15, -0.1) is 0 Å². The van der Waals surface area contributed by atoms with Gasteiger partial charge in [-0.3, -0.25) is 9.59 Å². The Hall–Kier alpha value is -3.40. The second-order valence-electron chi connectivity index (χ2n) is 6.13. The van der Waals surface area contributed by atoms with Crippen LogP contribution >= 0.6 is 0 Å². The number of amides is 2. The maximum atomic E-state index is 12.6. The first-order chi connectivity index (χ1) is 12.5. The van der Waals surface area contributed by atoms with Crippen molar-refractivity contribution in [3.63, 3.8) is 0 Å². The molecule has 2 amide bonds. The number of rotatable bonds is 4. The van der Waals surface area contributed by atoms with Crippen molar-refractivity contribution in [3.8, 4) is 11.1 Å². The number of anilines is 2. The number of benzene rings is 3. The topological polar surface area (TPSA) is 58.2 Å². The summed E-state index contributed by atoms with van der Waals surface area (Å²) in [6.07, 6.45) is 0. The summed E-state index contributed by atoms with van der Waals surface area (Å²) in [4.78, 5) is 23.7. The van der Waals surface area contributed by atoms with Crippen molar-refractivity contribution >= 4 is 23.2 Å². The summed E-state index contributed by atoms with van der Waals surface area (Å²) >= 11 is 0. The molecule has 0 spiro atoms. The molecule has 3 rings (SSSR count).